The molecule has 0 aliphatic carbocycles. The van der Waals surface area contributed by atoms with Crippen LogP contribution in [0.3, 0.4) is 0 Å². The maximum Gasteiger partial charge on any atom is 0.160 e. The Balaban J connectivity index is 2.49. The summed E-state index contributed by atoms with van der Waals surface area (Å²) in [7, 11) is 0. The van der Waals surface area contributed by atoms with E-state index in [9.17, 15) is 0 Å². The molecular formula is C11H7Cl3N2O. The Labute approximate surface area is 113 Å². The van der Waals surface area contributed by atoms with Crippen molar-refractivity contribution < 1.29 is 5.11 Å². The maximum atomic E-state index is 8.89. The molecule has 0 aliphatic rings. The zero-order valence-electron chi connectivity index (χ0n) is 8.49. The number of aliphatic hydroxyl groups is 1. The van der Waals surface area contributed by atoms with Gasteiger partial charge in [0.2, 0.25) is 0 Å². The molecule has 0 saturated heterocycles. The summed E-state index contributed by atoms with van der Waals surface area (Å²) in [5.74, 6) is 0.436. The first kappa shape index (κ1) is 12.6. The molecule has 0 bridgehead atoms. The molecule has 0 atom stereocenters. The van der Waals surface area contributed by atoms with Crippen LogP contribution in [0.2, 0.25) is 15.1 Å². The second-order valence-electron chi connectivity index (χ2n) is 3.30. The molecule has 0 amide bonds. The van der Waals surface area contributed by atoms with Crippen molar-refractivity contribution in [1.82, 2.24) is 9.97 Å². The van der Waals surface area contributed by atoms with Gasteiger partial charge in [0.25, 0.3) is 0 Å². The number of hydrogen-bond donors (Lipinski definition) is 1. The fourth-order valence-electron chi connectivity index (χ4n) is 1.27. The van der Waals surface area contributed by atoms with Gasteiger partial charge in [0.1, 0.15) is 0 Å². The summed E-state index contributed by atoms with van der Waals surface area (Å²) in [6.45, 7) is -0.102. The fourth-order valence-corrected chi connectivity index (χ4v) is 1.89. The highest BCUT2D eigenvalue weighted by atomic mass is 35.5. The van der Waals surface area contributed by atoms with Gasteiger partial charge in [-0.25, -0.2) is 9.97 Å². The molecule has 1 aromatic heterocycles. The minimum absolute atomic E-state index is 0.102. The van der Waals surface area contributed by atoms with E-state index in [-0.39, 0.29) is 11.6 Å². The molecule has 0 saturated carbocycles. The minimum Gasteiger partial charge on any atom is -0.392 e. The molecule has 0 aliphatic heterocycles. The summed E-state index contributed by atoms with van der Waals surface area (Å²) in [4.78, 5) is 8.19. The van der Waals surface area contributed by atoms with Crippen LogP contribution in [-0.4, -0.2) is 15.1 Å². The van der Waals surface area contributed by atoms with Crippen LogP contribution in [0.25, 0.3) is 11.4 Å². The van der Waals surface area contributed by atoms with Gasteiger partial charge in [-0.3, -0.25) is 0 Å². The van der Waals surface area contributed by atoms with Crippen molar-refractivity contribution in [3.8, 4) is 11.4 Å². The smallest absolute Gasteiger partial charge is 0.160 e. The molecule has 88 valence electrons. The third kappa shape index (κ3) is 2.53. The number of aliphatic hydroxyl groups excluding tert-OH is 1. The molecular weight excluding hydrogens is 282 g/mol. The lowest BCUT2D eigenvalue weighted by molar-refractivity contribution is 0.281. The highest BCUT2D eigenvalue weighted by Gasteiger charge is 2.12. The summed E-state index contributed by atoms with van der Waals surface area (Å²) < 4.78 is 0. The van der Waals surface area contributed by atoms with E-state index in [0.717, 1.165) is 0 Å². The summed E-state index contributed by atoms with van der Waals surface area (Å²) in [5.41, 5.74) is 1.23. The molecule has 0 fully saturated rings. The molecule has 1 heterocycles. The van der Waals surface area contributed by atoms with E-state index in [1.165, 1.54) is 12.4 Å². The summed E-state index contributed by atoms with van der Waals surface area (Å²) in [6.07, 6.45) is 3.06. The van der Waals surface area contributed by atoms with Crippen molar-refractivity contribution in [3.05, 3.63) is 45.2 Å². The average Bonchev–Trinajstić information content (AvgIpc) is 2.36. The van der Waals surface area contributed by atoms with E-state index in [1.807, 2.05) is 0 Å². The normalized spacial score (nSPS) is 10.6. The Hall–Kier alpha value is -0.870. The highest BCUT2D eigenvalue weighted by molar-refractivity contribution is 6.49. The Morgan fingerprint density at radius 2 is 1.65 bits per heavy atom. The van der Waals surface area contributed by atoms with Gasteiger partial charge in [0, 0.05) is 23.5 Å². The molecule has 2 aromatic rings. The van der Waals surface area contributed by atoms with Gasteiger partial charge >= 0.3 is 0 Å². The van der Waals surface area contributed by atoms with E-state index in [2.05, 4.69) is 9.97 Å². The second kappa shape index (κ2) is 5.19. The van der Waals surface area contributed by atoms with Gasteiger partial charge in [-0.15, -0.1) is 0 Å². The van der Waals surface area contributed by atoms with Crippen molar-refractivity contribution in [1.29, 1.82) is 0 Å². The Morgan fingerprint density at radius 1 is 1.00 bits per heavy atom. The van der Waals surface area contributed by atoms with E-state index in [4.69, 9.17) is 39.9 Å². The van der Waals surface area contributed by atoms with Crippen molar-refractivity contribution in [2.24, 2.45) is 0 Å². The van der Waals surface area contributed by atoms with Crippen LogP contribution in [0.4, 0.5) is 0 Å². The largest absolute Gasteiger partial charge is 0.392 e. The Bertz CT molecular complexity index is 543. The predicted octanol–water partition coefficient (Wildman–Crippen LogP) is 3.60. The van der Waals surface area contributed by atoms with Crippen LogP contribution in [0.5, 0.6) is 0 Å². The topological polar surface area (TPSA) is 46.0 Å². The predicted molar refractivity (Wildman–Crippen MR) is 68.4 cm³/mol. The molecule has 3 nitrogen and oxygen atoms in total. The molecule has 17 heavy (non-hydrogen) atoms. The van der Waals surface area contributed by atoms with Gasteiger partial charge in [0.15, 0.2) is 5.82 Å². The molecule has 6 heteroatoms. The van der Waals surface area contributed by atoms with E-state index in [0.29, 0.717) is 27.0 Å². The zero-order chi connectivity index (χ0) is 12.4. The monoisotopic (exact) mass is 288 g/mol. The van der Waals surface area contributed by atoms with Crippen molar-refractivity contribution in [2.75, 3.05) is 0 Å². The van der Waals surface area contributed by atoms with Gasteiger partial charge in [-0.2, -0.15) is 0 Å². The Kier molecular flexibility index (Phi) is 3.84. The van der Waals surface area contributed by atoms with Crippen molar-refractivity contribution in [3.63, 3.8) is 0 Å². The number of nitrogens with zero attached hydrogens (tertiary/aromatic N) is 2. The minimum atomic E-state index is -0.102. The molecule has 2 rings (SSSR count). The molecule has 0 radical (unpaired) electrons. The first-order valence-electron chi connectivity index (χ1n) is 4.69. The fraction of sp³-hybridized carbons (Fsp3) is 0.0909. The second-order valence-corrected chi connectivity index (χ2v) is 4.46. The standard InChI is InChI=1S/C11H7Cl3N2O/c12-8-2-1-7(9(13)10(8)14)11-15-3-6(5-17)4-16-11/h1-4,17H,5H2. The average molecular weight is 290 g/mol. The lowest BCUT2D eigenvalue weighted by Crippen LogP contribution is -1.93. The van der Waals surface area contributed by atoms with Crippen LogP contribution in [-0.2, 0) is 6.61 Å². The first-order valence-corrected chi connectivity index (χ1v) is 5.82. The number of rotatable bonds is 2. The van der Waals surface area contributed by atoms with Crippen LogP contribution in [0.1, 0.15) is 5.56 Å². The lowest BCUT2D eigenvalue weighted by atomic mass is 10.2. The third-order valence-electron chi connectivity index (χ3n) is 2.16. The number of benzene rings is 1. The summed E-state index contributed by atoms with van der Waals surface area (Å²) in [6, 6.07) is 3.33. The zero-order valence-corrected chi connectivity index (χ0v) is 10.8. The summed E-state index contributed by atoms with van der Waals surface area (Å²) >= 11 is 17.8. The van der Waals surface area contributed by atoms with E-state index >= 15 is 0 Å². The molecule has 1 aromatic carbocycles. The molecule has 1 N–H and O–H groups in total. The highest BCUT2D eigenvalue weighted by Crippen LogP contribution is 2.36. The van der Waals surface area contributed by atoms with Crippen LogP contribution in [0.15, 0.2) is 24.5 Å². The van der Waals surface area contributed by atoms with Gasteiger partial charge in [0.05, 0.1) is 21.7 Å². The van der Waals surface area contributed by atoms with Gasteiger partial charge in [-0.1, -0.05) is 34.8 Å². The van der Waals surface area contributed by atoms with Crippen LogP contribution in [0, 0.1) is 0 Å². The SMILES string of the molecule is OCc1cnc(-c2ccc(Cl)c(Cl)c2Cl)nc1. The van der Waals surface area contributed by atoms with Gasteiger partial charge < -0.3 is 5.11 Å². The summed E-state index contributed by atoms with van der Waals surface area (Å²) in [5, 5.41) is 9.87. The van der Waals surface area contributed by atoms with E-state index in [1.54, 1.807) is 12.1 Å². The Morgan fingerprint density at radius 3 is 2.24 bits per heavy atom. The molecule has 0 spiro atoms. The lowest BCUT2D eigenvalue weighted by Gasteiger charge is -2.06. The van der Waals surface area contributed by atoms with Crippen LogP contribution >= 0.6 is 34.8 Å². The maximum absolute atomic E-state index is 8.89. The van der Waals surface area contributed by atoms with Crippen LogP contribution < -0.4 is 0 Å². The quantitative estimate of drug-likeness (QED) is 0.859. The number of halogens is 3. The van der Waals surface area contributed by atoms with Crippen molar-refractivity contribution >= 4 is 34.8 Å². The van der Waals surface area contributed by atoms with Crippen molar-refractivity contribution in [2.45, 2.75) is 6.61 Å². The van der Waals surface area contributed by atoms with E-state index < -0.39 is 0 Å². The van der Waals surface area contributed by atoms with Gasteiger partial charge in [-0.05, 0) is 12.1 Å². The number of hydrogen-bond acceptors (Lipinski definition) is 3. The first-order chi connectivity index (χ1) is 8.13. The number of aromatic nitrogens is 2. The molecule has 0 unspecified atom stereocenters. The third-order valence-corrected chi connectivity index (χ3v) is 3.46.